The van der Waals surface area contributed by atoms with Crippen LogP contribution in [0, 0.1) is 4.91 Å². The number of rotatable bonds is 0. The standard InChI is InChI=1S/CO2.HNO2/c2*2-1-3/h;(H,2,3). The van der Waals surface area contributed by atoms with Gasteiger partial charge in [0.1, 0.15) is 0 Å². The van der Waals surface area contributed by atoms with Crippen molar-refractivity contribution in [2.75, 3.05) is 0 Å². The third-order valence-corrected chi connectivity index (χ3v) is 0. The van der Waals surface area contributed by atoms with Crippen molar-refractivity contribution >= 4 is 6.15 Å². The van der Waals surface area contributed by atoms with Gasteiger partial charge in [-0.05, 0) is 0 Å². The van der Waals surface area contributed by atoms with Gasteiger partial charge in [-0.1, -0.05) is 0 Å². The van der Waals surface area contributed by atoms with Crippen molar-refractivity contribution in [1.29, 1.82) is 0 Å². The molecule has 0 fully saturated rings. The van der Waals surface area contributed by atoms with E-state index in [9.17, 15) is 0 Å². The molecule has 0 amide bonds. The highest BCUT2D eigenvalue weighted by Crippen LogP contribution is 1.25. The molecule has 0 aliphatic heterocycles. The maximum absolute atomic E-state index is 8.12. The van der Waals surface area contributed by atoms with Gasteiger partial charge in [0.25, 0.3) is 0 Å². The fourth-order valence-corrected chi connectivity index (χ4v) is 0. The monoisotopic (exact) mass is 91.0 g/mol. The third kappa shape index (κ3) is 5.92. The molecule has 0 spiro atoms. The predicted octanol–water partition coefficient (Wildman–Crippen LogP) is -0.442. The second-order valence-corrected chi connectivity index (χ2v) is 0.165. The smallest absolute Gasteiger partial charge is 0.373 e. The van der Waals surface area contributed by atoms with E-state index in [4.69, 9.17) is 19.7 Å². The number of carbonyl (C=O) groups excluding carboxylic acids is 2. The van der Waals surface area contributed by atoms with E-state index >= 15 is 0 Å². The number of hydrogen-bond acceptors (Lipinski definition) is 4. The zero-order valence-corrected chi connectivity index (χ0v) is 2.62. The summed E-state index contributed by atoms with van der Waals surface area (Å²) in [6, 6.07) is 0. The van der Waals surface area contributed by atoms with Crippen LogP contribution in [0.25, 0.3) is 0 Å². The van der Waals surface area contributed by atoms with Gasteiger partial charge in [-0.15, -0.1) is 4.91 Å². The summed E-state index contributed by atoms with van der Waals surface area (Å²) in [6.07, 6.45) is 0.250. The molecule has 5 heteroatoms. The first-order chi connectivity index (χ1) is 2.83. The Balaban J connectivity index is 0. The Morgan fingerprint density at radius 2 is 1.50 bits per heavy atom. The van der Waals surface area contributed by atoms with Crippen LogP contribution in [0.3, 0.4) is 0 Å². The second-order valence-electron chi connectivity index (χ2n) is 0.165. The van der Waals surface area contributed by atoms with Crippen LogP contribution in [0.4, 0.5) is 0 Å². The van der Waals surface area contributed by atoms with Crippen LogP contribution in [0.2, 0.25) is 0 Å². The summed E-state index contributed by atoms with van der Waals surface area (Å²) in [7, 11) is 0. The van der Waals surface area contributed by atoms with Gasteiger partial charge in [0, 0.05) is 0 Å². The first kappa shape index (κ1) is 8.84. The van der Waals surface area contributed by atoms with E-state index in [1.54, 1.807) is 0 Å². The minimum Gasteiger partial charge on any atom is -0.379 e. The van der Waals surface area contributed by atoms with Gasteiger partial charge >= 0.3 is 6.15 Å². The maximum atomic E-state index is 8.12. The second kappa shape index (κ2) is 48.0. The first-order valence-electron chi connectivity index (χ1n) is 0.791. The van der Waals surface area contributed by atoms with E-state index < -0.39 is 0 Å². The van der Waals surface area contributed by atoms with Crippen molar-refractivity contribution in [2.24, 2.45) is 5.34 Å². The molecule has 6 heavy (non-hydrogen) atoms. The summed E-state index contributed by atoms with van der Waals surface area (Å²) in [5.41, 5.74) is 0. The van der Waals surface area contributed by atoms with Crippen molar-refractivity contribution in [1.82, 2.24) is 0 Å². The molecule has 0 bridgehead atoms. The number of hydrogen-bond donors (Lipinski definition) is 1. The summed E-state index contributed by atoms with van der Waals surface area (Å²) < 4.78 is 0. The van der Waals surface area contributed by atoms with E-state index in [-0.39, 0.29) is 6.15 Å². The van der Waals surface area contributed by atoms with Crippen LogP contribution in [-0.4, -0.2) is 11.4 Å². The van der Waals surface area contributed by atoms with Gasteiger partial charge in [-0.2, -0.15) is 9.59 Å². The summed E-state index contributed by atoms with van der Waals surface area (Å²) >= 11 is 0. The SMILES string of the molecule is O=C=O.O=NO. The van der Waals surface area contributed by atoms with Crippen molar-refractivity contribution in [3.8, 4) is 0 Å². The fraction of sp³-hybridized carbons (Fsp3) is 0. The summed E-state index contributed by atoms with van der Waals surface area (Å²) in [6.45, 7) is 0. The summed E-state index contributed by atoms with van der Waals surface area (Å²) in [4.78, 5) is 24.4. The van der Waals surface area contributed by atoms with Gasteiger partial charge in [-0.3, -0.25) is 0 Å². The number of nitrogens with zero attached hydrogens (tertiary/aromatic N) is 1. The van der Waals surface area contributed by atoms with Gasteiger partial charge in [0.05, 0.1) is 0 Å². The lowest BCUT2D eigenvalue weighted by Crippen LogP contribution is -1.25. The Labute approximate surface area is 32.5 Å². The quantitative estimate of drug-likeness (QED) is 0.323. The first-order valence-corrected chi connectivity index (χ1v) is 0.791. The van der Waals surface area contributed by atoms with Crippen LogP contribution in [0.1, 0.15) is 0 Å². The van der Waals surface area contributed by atoms with Crippen molar-refractivity contribution in [3.05, 3.63) is 4.91 Å². The normalized spacial score (nSPS) is 3.33. The highest BCUT2D eigenvalue weighted by Gasteiger charge is 1.18. The minimum absolute atomic E-state index is 0.250. The molecule has 0 aromatic rings. The predicted molar refractivity (Wildman–Crippen MR) is 12.6 cm³/mol. The highest BCUT2D eigenvalue weighted by molar-refractivity contribution is 5.20. The molecule has 0 unspecified atom stereocenters. The molecular formula is CHNO4. The Kier molecular flexibility index (Phi) is 70.7. The topological polar surface area (TPSA) is 83.8 Å². The van der Waals surface area contributed by atoms with Gasteiger partial charge in [0.15, 0.2) is 5.34 Å². The molecule has 0 heterocycles. The van der Waals surface area contributed by atoms with Gasteiger partial charge in [0.2, 0.25) is 0 Å². The van der Waals surface area contributed by atoms with Gasteiger partial charge < -0.3 is 5.21 Å². The molecule has 0 aromatic heterocycles. The highest BCUT2D eigenvalue weighted by atomic mass is 16.6. The maximum Gasteiger partial charge on any atom is 0.373 e. The van der Waals surface area contributed by atoms with E-state index in [0.29, 0.717) is 0 Å². The average molecular weight is 91.0 g/mol. The third-order valence-electron chi connectivity index (χ3n) is 0. The van der Waals surface area contributed by atoms with E-state index in [2.05, 4.69) is 0 Å². The van der Waals surface area contributed by atoms with Crippen molar-refractivity contribution < 1.29 is 14.8 Å². The fourth-order valence-electron chi connectivity index (χ4n) is 0. The van der Waals surface area contributed by atoms with Gasteiger partial charge in [-0.25, -0.2) is 0 Å². The van der Waals surface area contributed by atoms with Crippen molar-refractivity contribution in [3.63, 3.8) is 0 Å². The summed E-state index contributed by atoms with van der Waals surface area (Å²) in [5.74, 6) is 0. The minimum atomic E-state index is 0.250. The van der Waals surface area contributed by atoms with Crippen molar-refractivity contribution in [2.45, 2.75) is 0 Å². The van der Waals surface area contributed by atoms with E-state index in [0.717, 1.165) is 0 Å². The largest absolute Gasteiger partial charge is 0.379 e. The van der Waals surface area contributed by atoms with Crippen LogP contribution >= 0.6 is 0 Å². The Hall–Kier alpha value is -1.22. The van der Waals surface area contributed by atoms with Crippen LogP contribution in [0.15, 0.2) is 5.34 Å². The molecule has 0 radical (unpaired) electrons. The molecule has 5 nitrogen and oxygen atoms in total. The van der Waals surface area contributed by atoms with Crippen LogP contribution < -0.4 is 0 Å². The Morgan fingerprint density at radius 3 is 1.50 bits per heavy atom. The molecule has 0 saturated carbocycles. The summed E-state index contributed by atoms with van der Waals surface area (Å²) in [5, 5.41) is 7.89. The molecule has 34 valence electrons. The van der Waals surface area contributed by atoms with Crippen LogP contribution in [0.5, 0.6) is 0 Å². The molecular weight excluding hydrogens is 90.0 g/mol. The average Bonchev–Trinajstić information content (AvgIpc) is 1.39. The molecule has 0 rings (SSSR count). The van der Waals surface area contributed by atoms with E-state index in [1.165, 1.54) is 5.34 Å². The van der Waals surface area contributed by atoms with E-state index in [1.807, 2.05) is 0 Å². The molecule has 0 atom stereocenters. The lowest BCUT2D eigenvalue weighted by Gasteiger charge is -1.32. The zero-order chi connectivity index (χ0) is 5.41. The molecule has 0 aliphatic carbocycles. The van der Waals surface area contributed by atoms with Crippen LogP contribution in [-0.2, 0) is 9.59 Å². The molecule has 0 saturated heterocycles. The lowest BCUT2D eigenvalue weighted by molar-refractivity contribution is -0.191. The lowest BCUT2D eigenvalue weighted by atomic mass is 11.8. The molecule has 1 N–H and O–H groups in total. The Bertz CT molecular complexity index is 52.6. The molecule has 0 aromatic carbocycles. The zero-order valence-electron chi connectivity index (χ0n) is 2.62. The molecule has 0 aliphatic rings. The Morgan fingerprint density at radius 1 is 1.50 bits per heavy atom.